The molecule has 0 aliphatic rings. The summed E-state index contributed by atoms with van der Waals surface area (Å²) < 4.78 is 5.49. The Morgan fingerprint density at radius 3 is 2.71 bits per heavy atom. The van der Waals surface area contributed by atoms with Crippen LogP contribution in [0.1, 0.15) is 45.2 Å². The van der Waals surface area contributed by atoms with Gasteiger partial charge in [0.25, 0.3) is 0 Å². The van der Waals surface area contributed by atoms with Gasteiger partial charge in [0.05, 0.1) is 12.8 Å². The van der Waals surface area contributed by atoms with Crippen molar-refractivity contribution in [1.82, 2.24) is 10.3 Å². The molecule has 3 nitrogen and oxygen atoms in total. The Hall–Kier alpha value is -1.09. The van der Waals surface area contributed by atoms with Crippen LogP contribution in [0, 0.1) is 5.92 Å². The summed E-state index contributed by atoms with van der Waals surface area (Å²) in [5.41, 5.74) is 1.21. The molecular weight excluding hydrogens is 212 g/mol. The van der Waals surface area contributed by atoms with E-state index in [9.17, 15) is 0 Å². The van der Waals surface area contributed by atoms with Crippen LogP contribution in [-0.2, 0) is 0 Å². The third-order valence-corrected chi connectivity index (χ3v) is 3.03. The molecule has 0 saturated heterocycles. The highest BCUT2D eigenvalue weighted by Gasteiger charge is 2.17. The van der Waals surface area contributed by atoms with Crippen LogP contribution in [-0.4, -0.2) is 18.6 Å². The summed E-state index contributed by atoms with van der Waals surface area (Å²) in [4.78, 5) is 4.25. The Balaban J connectivity index is 2.83. The fourth-order valence-electron chi connectivity index (χ4n) is 2.25. The predicted octanol–water partition coefficient (Wildman–Crippen LogP) is 3.18. The van der Waals surface area contributed by atoms with E-state index in [0.29, 0.717) is 18.6 Å². The molecule has 3 heteroatoms. The lowest BCUT2D eigenvalue weighted by atomic mass is 9.92. The van der Waals surface area contributed by atoms with Crippen LogP contribution < -0.4 is 10.1 Å². The van der Waals surface area contributed by atoms with E-state index in [1.807, 2.05) is 20.2 Å². The molecule has 0 fully saturated rings. The quantitative estimate of drug-likeness (QED) is 0.789. The highest BCUT2D eigenvalue weighted by atomic mass is 16.5. The highest BCUT2D eigenvalue weighted by molar-refractivity contribution is 5.26. The standard InChI is InChI=1S/C14H24N2O/c1-5-7-11(3)14(15-4)12-8-13(17-6-2)10-16-9-12/h8-11,14-15H,5-7H2,1-4H3. The van der Waals surface area contributed by atoms with Crippen molar-refractivity contribution in [3.8, 4) is 5.75 Å². The zero-order valence-corrected chi connectivity index (χ0v) is 11.4. The van der Waals surface area contributed by atoms with E-state index in [-0.39, 0.29) is 0 Å². The van der Waals surface area contributed by atoms with Crippen LogP contribution in [0.2, 0.25) is 0 Å². The lowest BCUT2D eigenvalue weighted by molar-refractivity contribution is 0.335. The van der Waals surface area contributed by atoms with Crippen molar-refractivity contribution < 1.29 is 4.74 Å². The number of pyridine rings is 1. The van der Waals surface area contributed by atoms with Crippen molar-refractivity contribution in [2.75, 3.05) is 13.7 Å². The second-order valence-corrected chi connectivity index (χ2v) is 4.42. The maximum absolute atomic E-state index is 5.49. The molecule has 1 aromatic rings. The summed E-state index contributed by atoms with van der Waals surface area (Å²) in [6.45, 7) is 7.16. The Kier molecular flexibility index (Phi) is 5.98. The fraction of sp³-hybridized carbons (Fsp3) is 0.643. The normalized spacial score (nSPS) is 14.4. The molecule has 1 aromatic heterocycles. The van der Waals surface area contributed by atoms with Gasteiger partial charge in [-0.15, -0.1) is 0 Å². The minimum Gasteiger partial charge on any atom is -0.492 e. The number of nitrogens with zero attached hydrogens (tertiary/aromatic N) is 1. The molecule has 17 heavy (non-hydrogen) atoms. The predicted molar refractivity (Wildman–Crippen MR) is 71.3 cm³/mol. The van der Waals surface area contributed by atoms with E-state index in [2.05, 4.69) is 30.2 Å². The monoisotopic (exact) mass is 236 g/mol. The van der Waals surface area contributed by atoms with Crippen LogP contribution in [0.4, 0.5) is 0 Å². The van der Waals surface area contributed by atoms with Crippen molar-refractivity contribution >= 4 is 0 Å². The maximum Gasteiger partial charge on any atom is 0.137 e. The van der Waals surface area contributed by atoms with Gasteiger partial charge in [0, 0.05) is 12.2 Å². The zero-order chi connectivity index (χ0) is 12.7. The SMILES string of the molecule is CCCC(C)C(NC)c1cncc(OCC)c1. The lowest BCUT2D eigenvalue weighted by Gasteiger charge is -2.23. The molecule has 0 aliphatic heterocycles. The van der Waals surface area contributed by atoms with Gasteiger partial charge in [-0.1, -0.05) is 20.3 Å². The molecule has 0 spiro atoms. The summed E-state index contributed by atoms with van der Waals surface area (Å²) in [6, 6.07) is 2.44. The highest BCUT2D eigenvalue weighted by Crippen LogP contribution is 2.26. The van der Waals surface area contributed by atoms with Gasteiger partial charge in [-0.3, -0.25) is 4.98 Å². The Bertz CT molecular complexity index is 328. The Morgan fingerprint density at radius 1 is 1.35 bits per heavy atom. The van der Waals surface area contributed by atoms with E-state index in [4.69, 9.17) is 4.74 Å². The number of ether oxygens (including phenoxy) is 1. The second-order valence-electron chi connectivity index (χ2n) is 4.42. The van der Waals surface area contributed by atoms with Gasteiger partial charge in [-0.25, -0.2) is 0 Å². The van der Waals surface area contributed by atoms with Gasteiger partial charge in [0.15, 0.2) is 0 Å². The van der Waals surface area contributed by atoms with E-state index >= 15 is 0 Å². The maximum atomic E-state index is 5.49. The molecular formula is C14H24N2O. The molecule has 0 saturated carbocycles. The molecule has 1 N–H and O–H groups in total. The fourth-order valence-corrected chi connectivity index (χ4v) is 2.25. The average molecular weight is 236 g/mol. The molecule has 0 radical (unpaired) electrons. The minimum absolute atomic E-state index is 0.350. The van der Waals surface area contributed by atoms with Crippen molar-refractivity contribution in [1.29, 1.82) is 0 Å². The molecule has 0 bridgehead atoms. The number of nitrogens with one attached hydrogen (secondary N) is 1. The number of hydrogen-bond acceptors (Lipinski definition) is 3. The summed E-state index contributed by atoms with van der Waals surface area (Å²) in [5, 5.41) is 3.38. The summed E-state index contributed by atoms with van der Waals surface area (Å²) in [7, 11) is 2.00. The van der Waals surface area contributed by atoms with Crippen LogP contribution in [0.15, 0.2) is 18.5 Å². The molecule has 0 aliphatic carbocycles. The van der Waals surface area contributed by atoms with Crippen molar-refractivity contribution in [2.45, 2.75) is 39.7 Å². The zero-order valence-electron chi connectivity index (χ0n) is 11.4. The van der Waals surface area contributed by atoms with E-state index in [1.54, 1.807) is 6.20 Å². The van der Waals surface area contributed by atoms with E-state index in [1.165, 1.54) is 18.4 Å². The first-order valence-corrected chi connectivity index (χ1v) is 6.47. The van der Waals surface area contributed by atoms with Gasteiger partial charge in [0.2, 0.25) is 0 Å². The van der Waals surface area contributed by atoms with Gasteiger partial charge in [0.1, 0.15) is 5.75 Å². The van der Waals surface area contributed by atoms with Gasteiger partial charge >= 0.3 is 0 Å². The smallest absolute Gasteiger partial charge is 0.137 e. The van der Waals surface area contributed by atoms with E-state index in [0.717, 1.165) is 5.75 Å². The van der Waals surface area contributed by atoms with Crippen LogP contribution in [0.5, 0.6) is 5.75 Å². The van der Waals surface area contributed by atoms with Crippen LogP contribution >= 0.6 is 0 Å². The first-order valence-electron chi connectivity index (χ1n) is 6.47. The second kappa shape index (κ2) is 7.28. The molecule has 96 valence electrons. The van der Waals surface area contributed by atoms with E-state index < -0.39 is 0 Å². The third kappa shape index (κ3) is 4.00. The minimum atomic E-state index is 0.350. The molecule has 0 amide bonds. The number of rotatable bonds is 7. The molecule has 2 atom stereocenters. The molecule has 2 unspecified atom stereocenters. The van der Waals surface area contributed by atoms with Gasteiger partial charge < -0.3 is 10.1 Å². The Labute approximate surface area is 105 Å². The molecule has 1 rings (SSSR count). The average Bonchev–Trinajstić information content (AvgIpc) is 2.31. The first-order chi connectivity index (χ1) is 8.22. The first kappa shape index (κ1) is 14.0. The molecule has 0 aromatic carbocycles. The lowest BCUT2D eigenvalue weighted by Crippen LogP contribution is -2.23. The summed E-state index contributed by atoms with van der Waals surface area (Å²) in [5.74, 6) is 1.46. The van der Waals surface area contributed by atoms with Crippen LogP contribution in [0.3, 0.4) is 0 Å². The van der Waals surface area contributed by atoms with Gasteiger partial charge in [-0.05, 0) is 37.9 Å². The number of aromatic nitrogens is 1. The topological polar surface area (TPSA) is 34.2 Å². The van der Waals surface area contributed by atoms with Crippen molar-refractivity contribution in [2.24, 2.45) is 5.92 Å². The summed E-state index contributed by atoms with van der Waals surface area (Å²) >= 11 is 0. The summed E-state index contributed by atoms with van der Waals surface area (Å²) in [6.07, 6.45) is 6.11. The van der Waals surface area contributed by atoms with Crippen molar-refractivity contribution in [3.05, 3.63) is 24.0 Å². The third-order valence-electron chi connectivity index (χ3n) is 3.03. The van der Waals surface area contributed by atoms with Crippen LogP contribution in [0.25, 0.3) is 0 Å². The molecule has 1 heterocycles. The largest absolute Gasteiger partial charge is 0.492 e. The van der Waals surface area contributed by atoms with Crippen molar-refractivity contribution in [3.63, 3.8) is 0 Å². The Morgan fingerprint density at radius 2 is 2.12 bits per heavy atom. The number of hydrogen-bond donors (Lipinski definition) is 1. The van der Waals surface area contributed by atoms with Gasteiger partial charge in [-0.2, -0.15) is 0 Å².